The molecule has 0 aliphatic carbocycles. The van der Waals surface area contributed by atoms with Gasteiger partial charge in [0.1, 0.15) is 5.75 Å². The monoisotopic (exact) mass is 249 g/mol. The molecular formula is C15H23NO2. The molecule has 1 N–H and O–H groups in total. The topological polar surface area (TPSA) is 30.5 Å². The van der Waals surface area contributed by atoms with Gasteiger partial charge in [0.05, 0.1) is 12.7 Å². The molecule has 1 aromatic carbocycles. The maximum Gasteiger partial charge on any atom is 0.119 e. The van der Waals surface area contributed by atoms with Gasteiger partial charge in [-0.3, -0.25) is 0 Å². The van der Waals surface area contributed by atoms with Gasteiger partial charge in [-0.05, 0) is 37.0 Å². The van der Waals surface area contributed by atoms with Crippen LogP contribution >= 0.6 is 0 Å². The lowest BCUT2D eigenvalue weighted by Crippen LogP contribution is -2.25. The highest BCUT2D eigenvalue weighted by molar-refractivity contribution is 5.27. The summed E-state index contributed by atoms with van der Waals surface area (Å²) >= 11 is 0. The molecule has 0 aromatic heterocycles. The van der Waals surface area contributed by atoms with E-state index in [0.717, 1.165) is 38.5 Å². The number of nitrogens with one attached hydrogen (secondary N) is 1. The van der Waals surface area contributed by atoms with Gasteiger partial charge in [0.15, 0.2) is 0 Å². The van der Waals surface area contributed by atoms with Gasteiger partial charge in [-0.1, -0.05) is 19.1 Å². The number of ether oxygens (including phenoxy) is 2. The summed E-state index contributed by atoms with van der Waals surface area (Å²) in [7, 11) is 0. The summed E-state index contributed by atoms with van der Waals surface area (Å²) in [5, 5.41) is 3.44. The van der Waals surface area contributed by atoms with Crippen LogP contribution in [0.4, 0.5) is 0 Å². The first-order chi connectivity index (χ1) is 8.88. The summed E-state index contributed by atoms with van der Waals surface area (Å²) in [4.78, 5) is 0. The summed E-state index contributed by atoms with van der Waals surface area (Å²) in [5.74, 6) is 0.958. The van der Waals surface area contributed by atoms with E-state index < -0.39 is 0 Å². The molecule has 3 nitrogen and oxygen atoms in total. The zero-order valence-corrected chi connectivity index (χ0v) is 11.2. The molecule has 0 radical (unpaired) electrons. The van der Waals surface area contributed by atoms with Gasteiger partial charge in [0.2, 0.25) is 0 Å². The minimum Gasteiger partial charge on any atom is -0.494 e. The molecule has 18 heavy (non-hydrogen) atoms. The van der Waals surface area contributed by atoms with Crippen LogP contribution in [0.5, 0.6) is 5.75 Å². The Balaban J connectivity index is 1.68. The van der Waals surface area contributed by atoms with Crippen molar-refractivity contribution in [2.45, 2.75) is 38.8 Å². The Bertz CT molecular complexity index is 331. The highest BCUT2D eigenvalue weighted by Gasteiger charge is 2.14. The minimum absolute atomic E-state index is 0.414. The van der Waals surface area contributed by atoms with Gasteiger partial charge in [-0.2, -0.15) is 0 Å². The number of hydrogen-bond acceptors (Lipinski definition) is 3. The fourth-order valence-electron chi connectivity index (χ4n) is 2.11. The summed E-state index contributed by atoms with van der Waals surface area (Å²) in [6.07, 6.45) is 3.86. The third-order valence-electron chi connectivity index (χ3n) is 3.12. The first-order valence-corrected chi connectivity index (χ1v) is 6.92. The molecule has 0 unspecified atom stereocenters. The highest BCUT2D eigenvalue weighted by atomic mass is 16.5. The van der Waals surface area contributed by atoms with E-state index >= 15 is 0 Å². The molecule has 0 spiro atoms. The van der Waals surface area contributed by atoms with Crippen LogP contribution in [0.2, 0.25) is 0 Å². The molecule has 1 fully saturated rings. The zero-order chi connectivity index (χ0) is 12.6. The lowest BCUT2D eigenvalue weighted by atomic mass is 10.2. The fourth-order valence-corrected chi connectivity index (χ4v) is 2.11. The van der Waals surface area contributed by atoms with Crippen molar-refractivity contribution in [1.82, 2.24) is 5.32 Å². The second kappa shape index (κ2) is 7.39. The summed E-state index contributed by atoms with van der Waals surface area (Å²) in [6, 6.07) is 8.32. The van der Waals surface area contributed by atoms with Crippen LogP contribution in [0.1, 0.15) is 31.7 Å². The predicted octanol–water partition coefficient (Wildman–Crippen LogP) is 2.74. The first-order valence-electron chi connectivity index (χ1n) is 6.92. The van der Waals surface area contributed by atoms with Crippen molar-refractivity contribution >= 4 is 0 Å². The molecule has 3 heteroatoms. The quantitative estimate of drug-likeness (QED) is 0.806. The summed E-state index contributed by atoms with van der Waals surface area (Å²) in [6.45, 7) is 5.68. The lowest BCUT2D eigenvalue weighted by Gasteiger charge is -2.11. The largest absolute Gasteiger partial charge is 0.494 e. The van der Waals surface area contributed by atoms with Crippen LogP contribution in [0, 0.1) is 0 Å². The predicted molar refractivity (Wildman–Crippen MR) is 72.9 cm³/mol. The molecule has 1 aromatic rings. The Hall–Kier alpha value is -1.06. The third-order valence-corrected chi connectivity index (χ3v) is 3.12. The van der Waals surface area contributed by atoms with E-state index in [1.165, 1.54) is 18.4 Å². The Morgan fingerprint density at radius 2 is 2.17 bits per heavy atom. The molecule has 0 bridgehead atoms. The summed E-state index contributed by atoms with van der Waals surface area (Å²) < 4.78 is 11.1. The van der Waals surface area contributed by atoms with Crippen molar-refractivity contribution < 1.29 is 9.47 Å². The van der Waals surface area contributed by atoms with E-state index in [4.69, 9.17) is 9.47 Å². The van der Waals surface area contributed by atoms with Crippen LogP contribution in [0.25, 0.3) is 0 Å². The zero-order valence-electron chi connectivity index (χ0n) is 11.2. The lowest BCUT2D eigenvalue weighted by molar-refractivity contribution is 0.110. The van der Waals surface area contributed by atoms with E-state index in [2.05, 4.69) is 24.4 Å². The van der Waals surface area contributed by atoms with Crippen LogP contribution in [-0.4, -0.2) is 25.9 Å². The minimum atomic E-state index is 0.414. The molecular weight excluding hydrogens is 226 g/mol. The molecule has 0 saturated carbocycles. The van der Waals surface area contributed by atoms with E-state index in [9.17, 15) is 0 Å². The third kappa shape index (κ3) is 4.31. The van der Waals surface area contributed by atoms with Crippen molar-refractivity contribution in [1.29, 1.82) is 0 Å². The molecule has 1 saturated heterocycles. The standard InChI is InChI=1S/C15H23NO2/c1-2-9-17-14-7-5-13(6-8-14)11-16-12-15-4-3-10-18-15/h5-8,15-16H,2-4,9-12H2,1H3/t15-/m0/s1. The van der Waals surface area contributed by atoms with E-state index in [-0.39, 0.29) is 0 Å². The molecule has 0 amide bonds. The van der Waals surface area contributed by atoms with Gasteiger partial charge in [0, 0.05) is 19.7 Å². The van der Waals surface area contributed by atoms with Gasteiger partial charge in [-0.25, -0.2) is 0 Å². The second-order valence-electron chi connectivity index (χ2n) is 4.76. The van der Waals surface area contributed by atoms with Crippen molar-refractivity contribution in [3.63, 3.8) is 0 Å². The van der Waals surface area contributed by atoms with E-state index in [0.29, 0.717) is 6.10 Å². The summed E-state index contributed by atoms with van der Waals surface area (Å²) in [5.41, 5.74) is 1.29. The van der Waals surface area contributed by atoms with Gasteiger partial charge in [-0.15, -0.1) is 0 Å². The molecule has 100 valence electrons. The first kappa shape index (κ1) is 13.4. The normalized spacial score (nSPS) is 19.1. The van der Waals surface area contributed by atoms with Crippen LogP contribution in [0.3, 0.4) is 0 Å². The van der Waals surface area contributed by atoms with Crippen LogP contribution in [0.15, 0.2) is 24.3 Å². The Morgan fingerprint density at radius 1 is 1.33 bits per heavy atom. The molecule has 1 heterocycles. The van der Waals surface area contributed by atoms with Crippen molar-refractivity contribution in [3.05, 3.63) is 29.8 Å². The smallest absolute Gasteiger partial charge is 0.119 e. The van der Waals surface area contributed by atoms with Crippen molar-refractivity contribution in [3.8, 4) is 5.75 Å². The Kier molecular flexibility index (Phi) is 5.49. The molecule has 1 atom stereocenters. The van der Waals surface area contributed by atoms with Gasteiger partial charge >= 0.3 is 0 Å². The average molecular weight is 249 g/mol. The maximum absolute atomic E-state index is 5.57. The average Bonchev–Trinajstić information content (AvgIpc) is 2.91. The SMILES string of the molecule is CCCOc1ccc(CNC[C@@H]2CCCO2)cc1. The second-order valence-corrected chi connectivity index (χ2v) is 4.76. The van der Waals surface area contributed by atoms with Crippen molar-refractivity contribution in [2.75, 3.05) is 19.8 Å². The fraction of sp³-hybridized carbons (Fsp3) is 0.600. The van der Waals surface area contributed by atoms with E-state index in [1.54, 1.807) is 0 Å². The molecule has 1 aliphatic heterocycles. The van der Waals surface area contributed by atoms with Gasteiger partial charge in [0.25, 0.3) is 0 Å². The number of benzene rings is 1. The Labute approximate surface area is 109 Å². The van der Waals surface area contributed by atoms with E-state index in [1.807, 2.05) is 12.1 Å². The number of hydrogen-bond donors (Lipinski definition) is 1. The maximum atomic E-state index is 5.57. The molecule has 1 aliphatic rings. The van der Waals surface area contributed by atoms with Crippen LogP contribution < -0.4 is 10.1 Å². The van der Waals surface area contributed by atoms with Crippen LogP contribution in [-0.2, 0) is 11.3 Å². The Morgan fingerprint density at radius 3 is 2.83 bits per heavy atom. The number of rotatable bonds is 7. The highest BCUT2D eigenvalue weighted by Crippen LogP contribution is 2.13. The molecule has 2 rings (SSSR count). The van der Waals surface area contributed by atoms with Crippen molar-refractivity contribution in [2.24, 2.45) is 0 Å². The van der Waals surface area contributed by atoms with Gasteiger partial charge < -0.3 is 14.8 Å².